The molecule has 140 valence electrons. The quantitative estimate of drug-likeness (QED) is 0.849. The van der Waals surface area contributed by atoms with Gasteiger partial charge in [0.2, 0.25) is 17.7 Å². The van der Waals surface area contributed by atoms with Crippen LogP contribution in [0.4, 0.5) is 0 Å². The van der Waals surface area contributed by atoms with Gasteiger partial charge in [-0.2, -0.15) is 0 Å². The maximum Gasteiger partial charge on any atom is 0.249 e. The van der Waals surface area contributed by atoms with Gasteiger partial charge in [-0.25, -0.2) is 0 Å². The minimum absolute atomic E-state index is 0.0106. The number of likely N-dealkylation sites (N-methyl/N-ethyl adjacent to an activating group) is 1. The molecule has 2 heterocycles. The van der Waals surface area contributed by atoms with Gasteiger partial charge in [0.15, 0.2) is 0 Å². The lowest BCUT2D eigenvalue weighted by Gasteiger charge is -2.54. The Bertz CT molecular complexity index is 693. The smallest absolute Gasteiger partial charge is 0.249 e. The number of rotatable bonds is 4. The third kappa shape index (κ3) is 3.31. The number of nitrogens with one attached hydrogen (secondary N) is 1. The minimum Gasteiger partial charge on any atom is -0.364 e. The number of piperidine rings is 1. The number of morpholine rings is 1. The molecule has 3 amide bonds. The zero-order valence-corrected chi connectivity index (χ0v) is 15.2. The van der Waals surface area contributed by atoms with E-state index < -0.39 is 5.54 Å². The monoisotopic (exact) mass is 359 g/mol. The molecule has 1 aromatic rings. The van der Waals surface area contributed by atoms with Crippen LogP contribution in [0.25, 0.3) is 0 Å². The molecule has 1 N–H and O–H groups in total. The van der Waals surface area contributed by atoms with Crippen LogP contribution in [-0.2, 0) is 24.7 Å². The van der Waals surface area contributed by atoms with Gasteiger partial charge in [-0.05, 0) is 12.0 Å². The molecule has 0 aromatic heterocycles. The lowest BCUT2D eigenvalue weighted by atomic mass is 9.76. The van der Waals surface area contributed by atoms with E-state index in [0.717, 1.165) is 5.56 Å². The van der Waals surface area contributed by atoms with E-state index in [2.05, 4.69) is 5.32 Å². The molecule has 2 fully saturated rings. The molecule has 0 spiro atoms. The van der Waals surface area contributed by atoms with Crippen LogP contribution in [0.3, 0.4) is 0 Å². The van der Waals surface area contributed by atoms with Gasteiger partial charge in [-0.15, -0.1) is 0 Å². The van der Waals surface area contributed by atoms with Crippen molar-refractivity contribution in [2.24, 2.45) is 0 Å². The molecular weight excluding hydrogens is 334 g/mol. The van der Waals surface area contributed by atoms with Crippen molar-refractivity contribution in [2.75, 3.05) is 33.3 Å². The molecule has 2 aliphatic heterocycles. The second-order valence-corrected chi connectivity index (χ2v) is 6.87. The van der Waals surface area contributed by atoms with Gasteiger partial charge in [0.1, 0.15) is 12.7 Å². The lowest BCUT2D eigenvalue weighted by Crippen LogP contribution is -2.67. The van der Waals surface area contributed by atoms with Crippen LogP contribution >= 0.6 is 0 Å². The molecule has 2 aliphatic rings. The number of hydrogen-bond acceptors (Lipinski definition) is 4. The summed E-state index contributed by atoms with van der Waals surface area (Å²) in [6.07, 6.45) is 0.612. The Morgan fingerprint density at radius 1 is 1.31 bits per heavy atom. The van der Waals surface area contributed by atoms with Gasteiger partial charge < -0.3 is 19.9 Å². The Hall–Kier alpha value is -2.41. The van der Waals surface area contributed by atoms with Gasteiger partial charge in [0.05, 0.1) is 5.54 Å². The Morgan fingerprint density at radius 3 is 2.73 bits per heavy atom. The highest BCUT2D eigenvalue weighted by Gasteiger charge is 2.53. The van der Waals surface area contributed by atoms with Crippen molar-refractivity contribution in [2.45, 2.75) is 31.4 Å². The maximum absolute atomic E-state index is 12.5. The third-order valence-electron chi connectivity index (χ3n) is 5.40. The van der Waals surface area contributed by atoms with Crippen molar-refractivity contribution in [1.82, 2.24) is 15.1 Å². The Morgan fingerprint density at radius 2 is 2.04 bits per heavy atom. The normalized spacial score (nSPS) is 25.6. The zero-order valence-electron chi connectivity index (χ0n) is 15.2. The molecule has 7 nitrogen and oxygen atoms in total. The highest BCUT2D eigenvalue weighted by atomic mass is 16.5. The zero-order chi connectivity index (χ0) is 18.7. The molecule has 0 bridgehead atoms. The number of hydrogen-bond donors (Lipinski definition) is 1. The molecule has 26 heavy (non-hydrogen) atoms. The van der Waals surface area contributed by atoms with Gasteiger partial charge in [-0.1, -0.05) is 30.3 Å². The Labute approximate surface area is 153 Å². The van der Waals surface area contributed by atoms with E-state index in [4.69, 9.17) is 4.74 Å². The predicted molar refractivity (Wildman–Crippen MR) is 95.1 cm³/mol. The topological polar surface area (TPSA) is 79.0 Å². The van der Waals surface area contributed by atoms with E-state index >= 15 is 0 Å². The van der Waals surface area contributed by atoms with Gasteiger partial charge >= 0.3 is 0 Å². The second kappa shape index (κ2) is 7.45. The van der Waals surface area contributed by atoms with Gasteiger partial charge in [0.25, 0.3) is 0 Å². The first kappa shape index (κ1) is 18.4. The van der Waals surface area contributed by atoms with Crippen LogP contribution in [0, 0.1) is 0 Å². The first-order valence-electron chi connectivity index (χ1n) is 8.91. The van der Waals surface area contributed by atoms with Crippen molar-refractivity contribution in [3.05, 3.63) is 35.9 Å². The summed E-state index contributed by atoms with van der Waals surface area (Å²) in [4.78, 5) is 39.3. The van der Waals surface area contributed by atoms with E-state index in [1.165, 1.54) is 6.92 Å². The SMILES string of the molecule is CC(=O)NCCC(=O)N1CC[C@]2(c3ccccc3)[C@@H](C1)OCC(=O)N2C. The molecular formula is C19H25N3O4. The van der Waals surface area contributed by atoms with Crippen molar-refractivity contribution in [3.8, 4) is 0 Å². The molecule has 2 saturated heterocycles. The molecule has 1 aromatic carbocycles. The fourth-order valence-corrected chi connectivity index (χ4v) is 3.96. The third-order valence-corrected chi connectivity index (χ3v) is 5.40. The molecule has 7 heteroatoms. The first-order valence-corrected chi connectivity index (χ1v) is 8.91. The van der Waals surface area contributed by atoms with Crippen LogP contribution in [0.1, 0.15) is 25.3 Å². The van der Waals surface area contributed by atoms with Crippen molar-refractivity contribution in [1.29, 1.82) is 0 Å². The largest absolute Gasteiger partial charge is 0.364 e. The summed E-state index contributed by atoms with van der Waals surface area (Å²) in [5, 5.41) is 2.65. The summed E-state index contributed by atoms with van der Waals surface area (Å²) in [6.45, 7) is 2.78. The van der Waals surface area contributed by atoms with Gasteiger partial charge in [-0.3, -0.25) is 14.4 Å². The molecule has 2 atom stereocenters. The van der Waals surface area contributed by atoms with E-state index in [-0.39, 0.29) is 36.9 Å². The number of nitrogens with zero attached hydrogens (tertiary/aromatic N) is 2. The predicted octanol–water partition coefficient (Wildman–Crippen LogP) is 0.498. The maximum atomic E-state index is 12.5. The standard InChI is InChI=1S/C19H25N3O4/c1-14(23)20-10-8-17(24)22-11-9-19(15-6-4-3-5-7-15)16(12-22)26-13-18(25)21(19)2/h3-7,16H,8-13H2,1-2H3,(H,20,23)/t16-,19+/m1/s1. The van der Waals surface area contributed by atoms with E-state index in [9.17, 15) is 14.4 Å². The lowest BCUT2D eigenvalue weighted by molar-refractivity contribution is -0.184. The number of benzene rings is 1. The number of carbonyl (C=O) groups is 3. The van der Waals surface area contributed by atoms with Crippen LogP contribution in [0.2, 0.25) is 0 Å². The minimum atomic E-state index is -0.551. The molecule has 3 rings (SSSR count). The highest BCUT2D eigenvalue weighted by Crippen LogP contribution is 2.42. The number of carbonyl (C=O) groups excluding carboxylic acids is 3. The fourth-order valence-electron chi connectivity index (χ4n) is 3.96. The Kier molecular flexibility index (Phi) is 5.27. The highest BCUT2D eigenvalue weighted by molar-refractivity contribution is 5.80. The van der Waals surface area contributed by atoms with Crippen LogP contribution in [-0.4, -0.2) is 66.9 Å². The summed E-state index contributed by atoms with van der Waals surface area (Å²) in [7, 11) is 1.82. The molecule has 0 saturated carbocycles. The number of ether oxygens (including phenoxy) is 1. The average Bonchev–Trinajstić information content (AvgIpc) is 2.65. The first-order chi connectivity index (χ1) is 12.4. The van der Waals surface area contributed by atoms with E-state index in [0.29, 0.717) is 26.1 Å². The molecule has 0 radical (unpaired) electrons. The summed E-state index contributed by atoms with van der Waals surface area (Å²) in [5.74, 6) is -0.200. The average molecular weight is 359 g/mol. The van der Waals surface area contributed by atoms with Crippen molar-refractivity contribution in [3.63, 3.8) is 0 Å². The Balaban J connectivity index is 1.78. The van der Waals surface area contributed by atoms with Gasteiger partial charge in [0, 0.05) is 40.0 Å². The van der Waals surface area contributed by atoms with E-state index in [1.54, 1.807) is 9.80 Å². The van der Waals surface area contributed by atoms with Crippen molar-refractivity contribution >= 4 is 17.7 Å². The van der Waals surface area contributed by atoms with Crippen LogP contribution in [0.15, 0.2) is 30.3 Å². The number of fused-ring (bicyclic) bond motifs is 1. The van der Waals surface area contributed by atoms with E-state index in [1.807, 2.05) is 37.4 Å². The van der Waals surface area contributed by atoms with Crippen LogP contribution < -0.4 is 5.32 Å². The number of likely N-dealkylation sites (tertiary alicyclic amines) is 1. The fraction of sp³-hybridized carbons (Fsp3) is 0.526. The summed E-state index contributed by atoms with van der Waals surface area (Å²) < 4.78 is 5.89. The molecule has 0 unspecified atom stereocenters. The van der Waals surface area contributed by atoms with Crippen LogP contribution in [0.5, 0.6) is 0 Å². The summed E-state index contributed by atoms with van der Waals surface area (Å²) >= 11 is 0. The molecule has 0 aliphatic carbocycles. The summed E-state index contributed by atoms with van der Waals surface area (Å²) in [5.41, 5.74) is 0.483. The second-order valence-electron chi connectivity index (χ2n) is 6.87. The summed E-state index contributed by atoms with van der Waals surface area (Å²) in [6, 6.07) is 9.89. The number of amides is 3. The van der Waals surface area contributed by atoms with Crippen molar-refractivity contribution < 1.29 is 19.1 Å².